The average Bonchev–Trinajstić information content (AvgIpc) is 3.87. The minimum absolute atomic E-state index is 0. The number of allylic oxidation sites excluding steroid dienone is 16. The van der Waals surface area contributed by atoms with Crippen LogP contribution in [0.3, 0.4) is 0 Å². The van der Waals surface area contributed by atoms with Crippen molar-refractivity contribution in [2.24, 2.45) is 23.7 Å². The van der Waals surface area contributed by atoms with Crippen molar-refractivity contribution < 1.29 is 47.8 Å². The molecule has 4 unspecified atom stereocenters. The van der Waals surface area contributed by atoms with Crippen LogP contribution in [0.2, 0.25) is 0 Å². The van der Waals surface area contributed by atoms with Crippen molar-refractivity contribution in [3.63, 3.8) is 0 Å². The van der Waals surface area contributed by atoms with E-state index in [0.29, 0.717) is 23.7 Å². The summed E-state index contributed by atoms with van der Waals surface area (Å²) in [6.07, 6.45) is 13.4. The molecule has 0 aromatic heterocycles. The molecule has 344 valence electrons. The molecule has 0 fully saturated rings. The molecule has 8 rings (SSSR count). The van der Waals surface area contributed by atoms with Gasteiger partial charge in [-0.3, -0.25) is 24.3 Å². The van der Waals surface area contributed by atoms with Crippen molar-refractivity contribution in [3.8, 4) is 0 Å². The number of hydrogen-bond donors (Lipinski definition) is 0. The minimum atomic E-state index is 0. The van der Waals surface area contributed by atoms with Gasteiger partial charge in [0.15, 0.2) is 0 Å². The van der Waals surface area contributed by atoms with Gasteiger partial charge in [0.05, 0.1) is 0 Å². The molecule has 4 aliphatic carbocycles. The fourth-order valence-corrected chi connectivity index (χ4v) is 9.79. The Morgan fingerprint density at radius 2 is 0.455 bits per heavy atom. The Hall–Kier alpha value is -3.14. The van der Waals surface area contributed by atoms with Gasteiger partial charge in [0, 0.05) is 0 Å². The summed E-state index contributed by atoms with van der Waals surface area (Å²) in [5, 5.41) is 0. The van der Waals surface area contributed by atoms with Crippen molar-refractivity contribution in [1.29, 1.82) is 0 Å². The van der Waals surface area contributed by atoms with E-state index in [1.807, 2.05) is 0 Å². The fraction of sp³-hybridized carbons (Fsp3) is 0.323. The molecule has 0 saturated carbocycles. The van der Waals surface area contributed by atoms with Crippen molar-refractivity contribution in [2.45, 2.75) is 111 Å². The fourth-order valence-electron chi connectivity index (χ4n) is 7.40. The first kappa shape index (κ1) is 60.9. The Labute approximate surface area is 444 Å². The number of hydrogen-bond acceptors (Lipinski definition) is 0. The van der Waals surface area contributed by atoms with E-state index in [1.54, 1.807) is 0 Å². The van der Waals surface area contributed by atoms with Gasteiger partial charge in [0.1, 0.15) is 0 Å². The molecule has 4 heteroatoms. The van der Waals surface area contributed by atoms with E-state index in [-0.39, 0.29) is 24.8 Å². The van der Waals surface area contributed by atoms with Crippen LogP contribution >= 0.6 is 24.8 Å². The van der Waals surface area contributed by atoms with Crippen LogP contribution in [0.1, 0.15) is 133 Å². The molecule has 4 atom stereocenters. The SMILES string of the molecule is CC1=[C-]C(C)C(C)=C1C.CC1=[C-]C(C)C(C)=C1C.CC1=[C-]C(C)C(C)=C1C.CC1=[C-]C(C)C(C)=C1C.Cl.Cl.[Hf+2]=[C](c1ccccc1)c1ccccc1.[Hf+2]=[C](c1ccccc1)c1ccccc1. The maximum atomic E-state index is 3.36. The van der Waals surface area contributed by atoms with Gasteiger partial charge in [0.25, 0.3) is 0 Å². The van der Waals surface area contributed by atoms with Crippen LogP contribution in [0, 0.1) is 48.0 Å². The van der Waals surface area contributed by atoms with Gasteiger partial charge in [0.2, 0.25) is 0 Å². The second-order valence-electron chi connectivity index (χ2n) is 17.4. The molecule has 0 spiro atoms. The van der Waals surface area contributed by atoms with E-state index < -0.39 is 0 Å². The third-order valence-electron chi connectivity index (χ3n) is 13.2. The first-order valence-corrected chi connectivity index (χ1v) is 26.4. The molecule has 0 saturated heterocycles. The zero-order valence-electron chi connectivity index (χ0n) is 42.7. The van der Waals surface area contributed by atoms with Crippen LogP contribution in [-0.2, 0) is 47.8 Å². The maximum absolute atomic E-state index is 3.36. The summed E-state index contributed by atoms with van der Waals surface area (Å²) in [7, 11) is 0. The Balaban J connectivity index is 0.000000399. The Morgan fingerprint density at radius 1 is 0.303 bits per heavy atom. The zero-order chi connectivity index (χ0) is 47.7. The van der Waals surface area contributed by atoms with Gasteiger partial charge < -0.3 is 0 Å². The van der Waals surface area contributed by atoms with Crippen molar-refractivity contribution in [1.82, 2.24) is 0 Å². The molecule has 0 radical (unpaired) electrons. The summed E-state index contributed by atoms with van der Waals surface area (Å²) in [4.78, 5) is 0. The first-order valence-electron chi connectivity index (χ1n) is 22.8. The number of halogens is 2. The molecular formula is C62H74Cl2Hf2. The quantitative estimate of drug-likeness (QED) is 0.141. The molecule has 4 aliphatic rings. The number of rotatable bonds is 4. The summed E-state index contributed by atoms with van der Waals surface area (Å²) in [5.41, 5.74) is 22.4. The molecule has 0 N–H and O–H groups in total. The van der Waals surface area contributed by atoms with Gasteiger partial charge in [-0.25, -0.2) is 22.3 Å². The van der Waals surface area contributed by atoms with Gasteiger partial charge in [-0.1, -0.05) is 107 Å². The van der Waals surface area contributed by atoms with Crippen LogP contribution < -0.4 is 0 Å². The average molecular weight is 1250 g/mol. The third kappa shape index (κ3) is 18.4. The molecule has 0 heterocycles. The van der Waals surface area contributed by atoms with Crippen molar-refractivity contribution >= 4 is 31.3 Å². The second kappa shape index (κ2) is 30.4. The topological polar surface area (TPSA) is 0 Å². The van der Waals surface area contributed by atoms with Crippen LogP contribution in [0.4, 0.5) is 0 Å². The summed E-state index contributed by atoms with van der Waals surface area (Å²) in [6, 6.07) is 42.4. The predicted molar refractivity (Wildman–Crippen MR) is 287 cm³/mol. The standard InChI is InChI=1S/2C13H10.4C9H13.2ClH.2Hf/c2*1-3-7-12(8-4-1)11-13-9-5-2-6-10-13;4*1-6-5-7(2)9(4)8(6)3;;;;/h2*1-10H;4*6H,1-4H3;2*1H;;/q;;4*-1;;;2*+2. The van der Waals surface area contributed by atoms with Gasteiger partial charge in [-0.15, -0.1) is 52.5 Å². The molecule has 0 amide bonds. The molecular weight excluding hydrogens is 1170 g/mol. The predicted octanol–water partition coefficient (Wildman–Crippen LogP) is 17.3. The van der Waals surface area contributed by atoms with Crippen LogP contribution in [-0.4, -0.2) is 6.51 Å². The summed E-state index contributed by atoms with van der Waals surface area (Å²) >= 11 is 2.16. The van der Waals surface area contributed by atoms with E-state index in [2.05, 4.69) is 256 Å². The van der Waals surface area contributed by atoms with E-state index in [9.17, 15) is 0 Å². The van der Waals surface area contributed by atoms with Gasteiger partial charge >= 0.3 is 198 Å². The summed E-state index contributed by atoms with van der Waals surface area (Å²) < 4.78 is 2.93. The monoisotopic (exact) mass is 1250 g/mol. The zero-order valence-corrected chi connectivity index (χ0v) is 51.5. The van der Waals surface area contributed by atoms with Crippen LogP contribution in [0.15, 0.2) is 188 Å². The normalized spacial score (nSPS) is 19.0. The van der Waals surface area contributed by atoms with E-state index in [1.165, 1.54) is 95.6 Å². The van der Waals surface area contributed by atoms with Crippen LogP contribution in [0.5, 0.6) is 0 Å². The van der Waals surface area contributed by atoms with Crippen LogP contribution in [0.25, 0.3) is 0 Å². The van der Waals surface area contributed by atoms with Crippen molar-refractivity contribution in [3.05, 3.63) is 235 Å². The Bertz CT molecular complexity index is 2110. The third-order valence-corrected chi connectivity index (χ3v) is 17.3. The molecule has 4 aromatic carbocycles. The molecule has 0 nitrogen and oxygen atoms in total. The van der Waals surface area contributed by atoms with E-state index in [0.717, 1.165) is 47.8 Å². The summed E-state index contributed by atoms with van der Waals surface area (Å²) in [5.74, 6) is 2.24. The second-order valence-corrected chi connectivity index (χ2v) is 21.0. The van der Waals surface area contributed by atoms with E-state index >= 15 is 0 Å². The Kier molecular flexibility index (Phi) is 28.0. The molecule has 66 heavy (non-hydrogen) atoms. The Morgan fingerprint density at radius 3 is 0.545 bits per heavy atom. The first-order chi connectivity index (χ1) is 30.3. The van der Waals surface area contributed by atoms with Gasteiger partial charge in [-0.05, 0) is 0 Å². The summed E-state index contributed by atoms with van der Waals surface area (Å²) in [6.45, 7) is 34.7. The van der Waals surface area contributed by atoms with Gasteiger partial charge in [-0.2, -0.15) is 44.6 Å². The van der Waals surface area contributed by atoms with E-state index in [4.69, 9.17) is 0 Å². The molecule has 0 bridgehead atoms. The van der Waals surface area contributed by atoms with Crippen molar-refractivity contribution in [2.75, 3.05) is 0 Å². The molecule has 4 aromatic rings. The molecule has 0 aliphatic heterocycles. The number of benzene rings is 4.